The molecule has 34 heavy (non-hydrogen) atoms. The Balaban J connectivity index is 1.60. The molecule has 3 aromatic carbocycles. The lowest BCUT2D eigenvalue weighted by atomic mass is 10.0. The van der Waals surface area contributed by atoms with Crippen molar-refractivity contribution in [2.24, 2.45) is 0 Å². The van der Waals surface area contributed by atoms with Crippen LogP contribution in [0.25, 0.3) is 5.69 Å². The summed E-state index contributed by atoms with van der Waals surface area (Å²) in [5.74, 6) is -0.441. The van der Waals surface area contributed by atoms with E-state index in [-0.39, 0.29) is 17.7 Å². The Kier molecular flexibility index (Phi) is 6.80. The number of hydrogen-bond acceptors (Lipinski definition) is 3. The monoisotopic (exact) mass is 472 g/mol. The van der Waals surface area contributed by atoms with Crippen LogP contribution in [0, 0.1) is 6.92 Å². The minimum absolute atomic E-state index is 0.0415. The molecular weight excluding hydrogens is 448 g/mol. The van der Waals surface area contributed by atoms with Crippen molar-refractivity contribution in [2.45, 2.75) is 26.7 Å². The number of carbonyl (C=O) groups is 2. The van der Waals surface area contributed by atoms with Crippen LogP contribution in [0.4, 0.5) is 11.4 Å². The maximum Gasteiger partial charge on any atom is 0.259 e. The van der Waals surface area contributed by atoms with Gasteiger partial charge in [0.25, 0.3) is 11.8 Å². The molecule has 0 saturated heterocycles. The molecule has 0 aliphatic carbocycles. The fourth-order valence-corrected chi connectivity index (χ4v) is 3.97. The third kappa shape index (κ3) is 4.87. The van der Waals surface area contributed by atoms with Gasteiger partial charge in [-0.05, 0) is 60.9 Å². The van der Waals surface area contributed by atoms with E-state index in [1.54, 1.807) is 35.1 Å². The Bertz CT molecular complexity index is 1350. The van der Waals surface area contributed by atoms with Crippen LogP contribution in [0.15, 0.2) is 79.0 Å². The van der Waals surface area contributed by atoms with Crippen LogP contribution in [-0.2, 0) is 0 Å². The number of anilines is 2. The molecule has 0 spiro atoms. The van der Waals surface area contributed by atoms with Gasteiger partial charge in [-0.2, -0.15) is 5.10 Å². The summed E-state index contributed by atoms with van der Waals surface area (Å²) in [5.41, 5.74) is 4.61. The summed E-state index contributed by atoms with van der Waals surface area (Å²) in [6.45, 7) is 5.88. The van der Waals surface area contributed by atoms with Crippen LogP contribution in [-0.4, -0.2) is 21.6 Å². The number of nitrogens with zero attached hydrogens (tertiary/aromatic N) is 2. The minimum Gasteiger partial charge on any atom is -0.322 e. The first-order chi connectivity index (χ1) is 16.3. The van der Waals surface area contributed by atoms with E-state index in [9.17, 15) is 9.59 Å². The van der Waals surface area contributed by atoms with E-state index in [0.717, 1.165) is 16.9 Å². The van der Waals surface area contributed by atoms with E-state index in [4.69, 9.17) is 11.6 Å². The average molecular weight is 473 g/mol. The fourth-order valence-electron chi connectivity index (χ4n) is 3.78. The first kappa shape index (κ1) is 23.3. The van der Waals surface area contributed by atoms with E-state index in [1.165, 1.54) is 0 Å². The molecule has 6 nitrogen and oxygen atoms in total. The third-order valence-corrected chi connectivity index (χ3v) is 5.75. The highest BCUT2D eigenvalue weighted by Gasteiger charge is 2.22. The van der Waals surface area contributed by atoms with Gasteiger partial charge in [0.15, 0.2) is 0 Å². The Morgan fingerprint density at radius 1 is 0.882 bits per heavy atom. The number of aromatic nitrogens is 2. The maximum absolute atomic E-state index is 13.3. The molecular formula is C27H25ClN4O2. The first-order valence-corrected chi connectivity index (χ1v) is 11.3. The molecule has 0 saturated carbocycles. The molecule has 1 aromatic heterocycles. The van der Waals surface area contributed by atoms with Gasteiger partial charge in [0.1, 0.15) is 0 Å². The molecule has 4 aromatic rings. The van der Waals surface area contributed by atoms with E-state index >= 15 is 0 Å². The van der Waals surface area contributed by atoms with Crippen molar-refractivity contribution in [1.29, 1.82) is 0 Å². The molecule has 7 heteroatoms. The topological polar surface area (TPSA) is 76.0 Å². The molecule has 0 bridgehead atoms. The number of benzene rings is 3. The standard InChI is InChI=1S/C27H25ClN4O2/c1-17(2)25-22(16-29-32(25)21-12-7-11-20(28)15-21)27(34)31-24-14-8-13-23(18(24)3)30-26(33)19-9-5-4-6-10-19/h4-17H,1-3H3,(H,30,33)(H,31,34). The molecule has 0 unspecified atom stereocenters. The maximum atomic E-state index is 13.3. The van der Waals surface area contributed by atoms with Gasteiger partial charge in [-0.25, -0.2) is 4.68 Å². The predicted molar refractivity (Wildman–Crippen MR) is 136 cm³/mol. The third-order valence-electron chi connectivity index (χ3n) is 5.52. The number of carbonyl (C=O) groups excluding carboxylic acids is 2. The van der Waals surface area contributed by atoms with Crippen LogP contribution in [0.3, 0.4) is 0 Å². The minimum atomic E-state index is -0.272. The zero-order valence-electron chi connectivity index (χ0n) is 19.2. The van der Waals surface area contributed by atoms with Gasteiger partial charge in [0, 0.05) is 22.0 Å². The van der Waals surface area contributed by atoms with E-state index in [2.05, 4.69) is 15.7 Å². The van der Waals surface area contributed by atoms with Gasteiger partial charge in [0.2, 0.25) is 0 Å². The summed E-state index contributed by atoms with van der Waals surface area (Å²) in [5, 5.41) is 11.0. The van der Waals surface area contributed by atoms with Crippen LogP contribution in [0.1, 0.15) is 51.7 Å². The second kappa shape index (κ2) is 9.93. The average Bonchev–Trinajstić information content (AvgIpc) is 3.28. The SMILES string of the molecule is Cc1c(NC(=O)c2ccccc2)cccc1NC(=O)c1cnn(-c2cccc(Cl)c2)c1C(C)C. The van der Waals surface area contributed by atoms with Crippen molar-refractivity contribution in [2.75, 3.05) is 10.6 Å². The van der Waals surface area contributed by atoms with Gasteiger partial charge < -0.3 is 10.6 Å². The molecule has 172 valence electrons. The van der Waals surface area contributed by atoms with E-state index < -0.39 is 0 Å². The van der Waals surface area contributed by atoms with Gasteiger partial charge in [-0.15, -0.1) is 0 Å². The summed E-state index contributed by atoms with van der Waals surface area (Å²) in [4.78, 5) is 25.9. The van der Waals surface area contributed by atoms with Crippen molar-refractivity contribution >= 4 is 34.8 Å². The Hall–Kier alpha value is -3.90. The number of amides is 2. The van der Waals surface area contributed by atoms with Gasteiger partial charge in [0.05, 0.1) is 23.1 Å². The highest BCUT2D eigenvalue weighted by Crippen LogP contribution is 2.28. The van der Waals surface area contributed by atoms with Crippen molar-refractivity contribution < 1.29 is 9.59 Å². The largest absolute Gasteiger partial charge is 0.322 e. The lowest BCUT2D eigenvalue weighted by molar-refractivity contribution is 0.101. The fraction of sp³-hybridized carbons (Fsp3) is 0.148. The zero-order chi connectivity index (χ0) is 24.2. The second-order valence-electron chi connectivity index (χ2n) is 8.24. The van der Waals surface area contributed by atoms with Crippen LogP contribution in [0.5, 0.6) is 0 Å². The quantitative estimate of drug-likeness (QED) is 0.338. The Morgan fingerprint density at radius 3 is 2.18 bits per heavy atom. The Morgan fingerprint density at radius 2 is 1.53 bits per heavy atom. The molecule has 0 atom stereocenters. The van der Waals surface area contributed by atoms with Crippen molar-refractivity contribution in [3.8, 4) is 5.69 Å². The highest BCUT2D eigenvalue weighted by molar-refractivity contribution is 6.30. The molecule has 4 rings (SSSR count). The van der Waals surface area contributed by atoms with Crippen molar-refractivity contribution in [1.82, 2.24) is 9.78 Å². The summed E-state index contributed by atoms with van der Waals surface area (Å²) in [6.07, 6.45) is 1.57. The van der Waals surface area contributed by atoms with E-state index in [1.807, 2.05) is 69.3 Å². The lowest BCUT2D eigenvalue weighted by Gasteiger charge is -2.15. The smallest absolute Gasteiger partial charge is 0.259 e. The van der Waals surface area contributed by atoms with Gasteiger partial charge >= 0.3 is 0 Å². The van der Waals surface area contributed by atoms with Crippen LogP contribution < -0.4 is 10.6 Å². The van der Waals surface area contributed by atoms with Crippen LogP contribution >= 0.6 is 11.6 Å². The number of hydrogen-bond donors (Lipinski definition) is 2. The molecule has 1 heterocycles. The molecule has 0 aliphatic rings. The molecule has 0 fully saturated rings. The molecule has 0 aliphatic heterocycles. The summed E-state index contributed by atoms with van der Waals surface area (Å²) in [7, 11) is 0. The summed E-state index contributed by atoms with van der Waals surface area (Å²) < 4.78 is 1.74. The molecule has 2 N–H and O–H groups in total. The first-order valence-electron chi connectivity index (χ1n) is 11.0. The van der Waals surface area contributed by atoms with Gasteiger partial charge in [-0.3, -0.25) is 9.59 Å². The number of halogens is 1. The van der Waals surface area contributed by atoms with Crippen molar-refractivity contribution in [3.05, 3.63) is 106 Å². The Labute approximate surface area is 203 Å². The highest BCUT2D eigenvalue weighted by atomic mass is 35.5. The van der Waals surface area contributed by atoms with Crippen molar-refractivity contribution in [3.63, 3.8) is 0 Å². The number of rotatable bonds is 6. The lowest BCUT2D eigenvalue weighted by Crippen LogP contribution is -2.17. The zero-order valence-corrected chi connectivity index (χ0v) is 19.9. The van der Waals surface area contributed by atoms with Gasteiger partial charge in [-0.1, -0.05) is 55.8 Å². The summed E-state index contributed by atoms with van der Waals surface area (Å²) >= 11 is 6.16. The second-order valence-corrected chi connectivity index (χ2v) is 8.68. The van der Waals surface area contributed by atoms with Crippen LogP contribution in [0.2, 0.25) is 5.02 Å². The summed E-state index contributed by atoms with van der Waals surface area (Å²) in [6, 6.07) is 21.8. The van der Waals surface area contributed by atoms with E-state index in [0.29, 0.717) is 27.5 Å². The predicted octanol–water partition coefficient (Wildman–Crippen LogP) is 6.46. The number of nitrogens with one attached hydrogen (secondary N) is 2. The molecule has 2 amide bonds. The normalized spacial score (nSPS) is 10.9. The molecule has 0 radical (unpaired) electrons.